The van der Waals surface area contributed by atoms with Crippen molar-refractivity contribution in [2.24, 2.45) is 10.1 Å². The van der Waals surface area contributed by atoms with Crippen LogP contribution < -0.4 is 5.43 Å². The van der Waals surface area contributed by atoms with Gasteiger partial charge in [0, 0.05) is 29.1 Å². The number of aryl methyl sites for hydroxylation is 2. The number of pyridine rings is 1. The topological polar surface area (TPSA) is 49.6 Å². The first-order valence-electron chi connectivity index (χ1n) is 8.77. The van der Waals surface area contributed by atoms with Crippen LogP contribution in [0.1, 0.15) is 34.7 Å². The third-order valence-corrected chi connectivity index (χ3v) is 4.49. The van der Waals surface area contributed by atoms with Crippen LogP contribution in [0.4, 0.5) is 5.69 Å². The number of aliphatic imine (C=N–C) groups is 1. The molecule has 26 heavy (non-hydrogen) atoms. The lowest BCUT2D eigenvalue weighted by Crippen LogP contribution is -2.19. The van der Waals surface area contributed by atoms with Crippen molar-refractivity contribution in [2.75, 3.05) is 0 Å². The minimum Gasteiger partial charge on any atom is -0.264 e. The monoisotopic (exact) mass is 340 g/mol. The molecule has 0 bridgehead atoms. The molecule has 1 aromatic heterocycles. The number of fused-ring (bicyclic) bond motifs is 1. The van der Waals surface area contributed by atoms with E-state index in [1.165, 1.54) is 11.1 Å². The third-order valence-electron chi connectivity index (χ3n) is 4.49. The Morgan fingerprint density at radius 2 is 1.81 bits per heavy atom. The van der Waals surface area contributed by atoms with Crippen LogP contribution in [0, 0.1) is 6.92 Å². The summed E-state index contributed by atoms with van der Waals surface area (Å²) in [6.45, 7) is 4.23. The summed E-state index contributed by atoms with van der Waals surface area (Å²) in [6, 6.07) is 18.6. The van der Waals surface area contributed by atoms with Gasteiger partial charge < -0.3 is 0 Å². The van der Waals surface area contributed by atoms with E-state index < -0.39 is 0 Å². The Labute approximate surface area is 153 Å². The quantitative estimate of drug-likeness (QED) is 0.769. The minimum absolute atomic E-state index is 0.745. The number of amidine groups is 1. The number of nitrogens with zero attached hydrogens (tertiary/aromatic N) is 3. The molecule has 128 valence electrons. The highest BCUT2D eigenvalue weighted by Crippen LogP contribution is 2.27. The van der Waals surface area contributed by atoms with Gasteiger partial charge in [-0.25, -0.2) is 4.99 Å². The summed E-state index contributed by atoms with van der Waals surface area (Å²) in [5.41, 5.74) is 10.4. The molecule has 0 radical (unpaired) electrons. The maximum absolute atomic E-state index is 4.86. The summed E-state index contributed by atoms with van der Waals surface area (Å²) in [5.74, 6) is 0.745. The molecule has 0 amide bonds. The van der Waals surface area contributed by atoms with Crippen molar-refractivity contribution in [3.8, 4) is 0 Å². The second-order valence-electron chi connectivity index (χ2n) is 6.35. The fourth-order valence-electron chi connectivity index (χ4n) is 2.97. The lowest BCUT2D eigenvalue weighted by molar-refractivity contribution is 1.03. The zero-order valence-electron chi connectivity index (χ0n) is 14.9. The van der Waals surface area contributed by atoms with Crippen LogP contribution in [0.5, 0.6) is 0 Å². The predicted molar refractivity (Wildman–Crippen MR) is 106 cm³/mol. The Morgan fingerprint density at radius 3 is 2.54 bits per heavy atom. The summed E-state index contributed by atoms with van der Waals surface area (Å²) in [4.78, 5) is 9.11. The minimum atomic E-state index is 0.745. The molecule has 0 fully saturated rings. The van der Waals surface area contributed by atoms with Crippen LogP contribution in [-0.4, -0.2) is 16.5 Å². The standard InChI is InChI=1S/C22H20N4/c1-3-16-8-11-20-19(13-16)21(18-5-4-12-23-14-18)25-26-22(24-20)17-9-6-15(2)7-10-17/h4-14H,3H2,1-2H3,(H,24,26). The maximum Gasteiger partial charge on any atom is 0.154 e. The van der Waals surface area contributed by atoms with E-state index in [2.05, 4.69) is 71.8 Å². The Kier molecular flexibility index (Phi) is 4.32. The van der Waals surface area contributed by atoms with Crippen LogP contribution in [-0.2, 0) is 6.42 Å². The van der Waals surface area contributed by atoms with Gasteiger partial charge in [-0.05, 0) is 43.2 Å². The maximum atomic E-state index is 4.86. The highest BCUT2D eigenvalue weighted by molar-refractivity contribution is 6.17. The van der Waals surface area contributed by atoms with Gasteiger partial charge >= 0.3 is 0 Å². The van der Waals surface area contributed by atoms with Crippen LogP contribution in [0.25, 0.3) is 0 Å². The van der Waals surface area contributed by atoms with Crippen molar-refractivity contribution in [3.05, 3.63) is 94.8 Å². The van der Waals surface area contributed by atoms with Crippen molar-refractivity contribution >= 4 is 17.2 Å². The zero-order chi connectivity index (χ0) is 17.9. The molecule has 2 heterocycles. The van der Waals surface area contributed by atoms with E-state index in [1.54, 1.807) is 6.20 Å². The number of hydrogen-bond donors (Lipinski definition) is 1. The molecule has 4 rings (SSSR count). The normalized spacial score (nSPS) is 13.2. The highest BCUT2D eigenvalue weighted by atomic mass is 15.3. The Bertz CT molecular complexity index is 986. The molecule has 3 aromatic rings. The molecule has 2 aromatic carbocycles. The van der Waals surface area contributed by atoms with Gasteiger partial charge in [0.2, 0.25) is 0 Å². The Morgan fingerprint density at radius 1 is 0.962 bits per heavy atom. The van der Waals surface area contributed by atoms with Crippen LogP contribution in [0.15, 0.2) is 77.1 Å². The second-order valence-corrected chi connectivity index (χ2v) is 6.35. The van der Waals surface area contributed by atoms with Crippen LogP contribution in [0.3, 0.4) is 0 Å². The molecule has 1 aliphatic rings. The summed E-state index contributed by atoms with van der Waals surface area (Å²) >= 11 is 0. The van der Waals surface area contributed by atoms with E-state index in [4.69, 9.17) is 4.99 Å². The third kappa shape index (κ3) is 3.14. The molecule has 1 N–H and O–H groups in total. The molecule has 0 spiro atoms. The summed E-state index contributed by atoms with van der Waals surface area (Å²) in [5, 5.41) is 4.69. The van der Waals surface area contributed by atoms with Gasteiger partial charge in [-0.15, -0.1) is 0 Å². The first kappa shape index (κ1) is 16.2. The first-order chi connectivity index (χ1) is 12.7. The van der Waals surface area contributed by atoms with Gasteiger partial charge in [0.05, 0.1) is 5.69 Å². The largest absolute Gasteiger partial charge is 0.264 e. The van der Waals surface area contributed by atoms with Crippen LogP contribution in [0.2, 0.25) is 0 Å². The van der Waals surface area contributed by atoms with Crippen molar-refractivity contribution in [2.45, 2.75) is 20.3 Å². The molecule has 4 nitrogen and oxygen atoms in total. The SMILES string of the molecule is CCc1ccc2c(c1)C(c1cccnc1)=NNC(c1ccc(C)cc1)=N2. The lowest BCUT2D eigenvalue weighted by Gasteiger charge is -2.09. The number of hydrazone groups is 1. The fourth-order valence-corrected chi connectivity index (χ4v) is 2.97. The predicted octanol–water partition coefficient (Wildman–Crippen LogP) is 4.39. The molecule has 0 saturated carbocycles. The Hall–Kier alpha value is -3.27. The van der Waals surface area contributed by atoms with Gasteiger partial charge in [0.1, 0.15) is 5.71 Å². The van der Waals surface area contributed by atoms with E-state index in [0.29, 0.717) is 0 Å². The van der Waals surface area contributed by atoms with E-state index >= 15 is 0 Å². The van der Waals surface area contributed by atoms with E-state index in [-0.39, 0.29) is 0 Å². The fraction of sp³-hybridized carbons (Fsp3) is 0.136. The van der Waals surface area contributed by atoms with Crippen molar-refractivity contribution in [3.63, 3.8) is 0 Å². The van der Waals surface area contributed by atoms with Gasteiger partial charge in [0.25, 0.3) is 0 Å². The smallest absolute Gasteiger partial charge is 0.154 e. The molecule has 0 unspecified atom stereocenters. The van der Waals surface area contributed by atoms with Gasteiger partial charge in [0.15, 0.2) is 5.84 Å². The first-order valence-corrected chi connectivity index (χ1v) is 8.77. The molecule has 0 aliphatic carbocycles. The molecular formula is C22H20N4. The number of nitrogens with one attached hydrogen (secondary N) is 1. The van der Waals surface area contributed by atoms with Crippen LogP contribution >= 0.6 is 0 Å². The molecular weight excluding hydrogens is 320 g/mol. The van der Waals surface area contributed by atoms with Crippen molar-refractivity contribution in [1.82, 2.24) is 10.4 Å². The van der Waals surface area contributed by atoms with E-state index in [1.807, 2.05) is 18.3 Å². The number of hydrogen-bond acceptors (Lipinski definition) is 4. The number of aromatic nitrogens is 1. The lowest BCUT2D eigenvalue weighted by atomic mass is 9.99. The molecule has 1 aliphatic heterocycles. The summed E-state index contributed by atoms with van der Waals surface area (Å²) < 4.78 is 0. The van der Waals surface area contributed by atoms with Gasteiger partial charge in [-0.3, -0.25) is 10.4 Å². The molecule has 0 saturated heterocycles. The van der Waals surface area contributed by atoms with E-state index in [0.717, 1.165) is 40.3 Å². The number of rotatable bonds is 3. The highest BCUT2D eigenvalue weighted by Gasteiger charge is 2.17. The van der Waals surface area contributed by atoms with Crippen molar-refractivity contribution in [1.29, 1.82) is 0 Å². The van der Waals surface area contributed by atoms with Gasteiger partial charge in [-0.1, -0.05) is 42.8 Å². The van der Waals surface area contributed by atoms with Gasteiger partial charge in [-0.2, -0.15) is 5.10 Å². The number of benzene rings is 2. The average molecular weight is 340 g/mol. The second kappa shape index (κ2) is 6.92. The molecule has 4 heteroatoms. The summed E-state index contributed by atoms with van der Waals surface area (Å²) in [6.07, 6.45) is 4.57. The zero-order valence-corrected chi connectivity index (χ0v) is 14.9. The van der Waals surface area contributed by atoms with Crippen molar-refractivity contribution < 1.29 is 0 Å². The molecule has 0 atom stereocenters. The average Bonchev–Trinajstić information content (AvgIpc) is 2.88. The summed E-state index contributed by atoms with van der Waals surface area (Å²) in [7, 11) is 0. The Balaban J connectivity index is 1.87. The van der Waals surface area contributed by atoms with E-state index in [9.17, 15) is 0 Å².